The van der Waals surface area contributed by atoms with E-state index in [9.17, 15) is 0 Å². The van der Waals surface area contributed by atoms with Crippen LogP contribution >= 0.6 is 0 Å². The second kappa shape index (κ2) is 5.98. The van der Waals surface area contributed by atoms with E-state index in [1.165, 1.54) is 0 Å². The summed E-state index contributed by atoms with van der Waals surface area (Å²) in [5.74, 6) is 1.66. The maximum absolute atomic E-state index is 6.13. The molecule has 1 saturated heterocycles. The van der Waals surface area contributed by atoms with Crippen molar-refractivity contribution in [3.8, 4) is 0 Å². The van der Waals surface area contributed by atoms with Crippen LogP contribution in [-0.2, 0) is 0 Å². The van der Waals surface area contributed by atoms with Crippen molar-refractivity contribution in [3.63, 3.8) is 0 Å². The van der Waals surface area contributed by atoms with E-state index in [1.807, 2.05) is 0 Å². The smallest absolute Gasteiger partial charge is 0.243 e. The van der Waals surface area contributed by atoms with Crippen LogP contribution in [0.15, 0.2) is 4.52 Å². The average Bonchev–Trinajstić information content (AvgIpc) is 2.89. The second-order valence-corrected chi connectivity index (χ2v) is 5.66. The van der Waals surface area contributed by atoms with Crippen molar-refractivity contribution in [2.24, 2.45) is 11.7 Å². The van der Waals surface area contributed by atoms with Crippen LogP contribution in [0.2, 0.25) is 0 Å². The SMILES string of the molecule is CCC(C)C(N)c1nc(C2CN(C)CCN2C)no1. The van der Waals surface area contributed by atoms with Crippen LogP contribution in [-0.4, -0.2) is 53.7 Å². The third-order valence-electron chi connectivity index (χ3n) is 4.15. The average molecular weight is 267 g/mol. The molecule has 3 atom stereocenters. The van der Waals surface area contributed by atoms with Gasteiger partial charge < -0.3 is 15.2 Å². The Bertz CT molecular complexity index is 407. The summed E-state index contributed by atoms with van der Waals surface area (Å²) in [4.78, 5) is 9.07. The lowest BCUT2D eigenvalue weighted by Crippen LogP contribution is -2.45. The molecule has 19 heavy (non-hydrogen) atoms. The van der Waals surface area contributed by atoms with Crippen LogP contribution < -0.4 is 5.73 Å². The number of aromatic nitrogens is 2. The Morgan fingerprint density at radius 3 is 2.84 bits per heavy atom. The fraction of sp³-hybridized carbons (Fsp3) is 0.846. The zero-order chi connectivity index (χ0) is 14.0. The maximum Gasteiger partial charge on any atom is 0.243 e. The van der Waals surface area contributed by atoms with Crippen molar-refractivity contribution in [2.75, 3.05) is 33.7 Å². The highest BCUT2D eigenvalue weighted by atomic mass is 16.5. The van der Waals surface area contributed by atoms with Gasteiger partial charge in [0, 0.05) is 19.6 Å². The molecule has 2 heterocycles. The molecule has 1 aliphatic heterocycles. The molecule has 0 saturated carbocycles. The Balaban J connectivity index is 2.11. The Labute approximate surface area is 114 Å². The molecule has 0 aromatic carbocycles. The number of hydrogen-bond donors (Lipinski definition) is 1. The third kappa shape index (κ3) is 3.13. The summed E-state index contributed by atoms with van der Waals surface area (Å²) in [6, 6.07) is 0.0262. The molecule has 3 unspecified atom stereocenters. The standard InChI is InChI=1S/C13H25N5O/c1-5-9(2)11(14)13-15-12(16-19-13)10-8-17(3)6-7-18(10)4/h9-11H,5-8,14H2,1-4H3. The minimum absolute atomic E-state index is 0.169. The minimum Gasteiger partial charge on any atom is -0.338 e. The fourth-order valence-electron chi connectivity index (χ4n) is 2.30. The van der Waals surface area contributed by atoms with Gasteiger partial charge in [-0.15, -0.1) is 0 Å². The summed E-state index contributed by atoms with van der Waals surface area (Å²) in [5, 5.41) is 4.13. The molecule has 1 fully saturated rings. The van der Waals surface area contributed by atoms with Gasteiger partial charge in [-0.3, -0.25) is 4.90 Å². The van der Waals surface area contributed by atoms with Gasteiger partial charge in [-0.2, -0.15) is 4.98 Å². The van der Waals surface area contributed by atoms with Gasteiger partial charge in [-0.05, 0) is 20.0 Å². The van der Waals surface area contributed by atoms with Crippen molar-refractivity contribution in [3.05, 3.63) is 11.7 Å². The summed E-state index contributed by atoms with van der Waals surface area (Å²) in [6.45, 7) is 7.24. The highest BCUT2D eigenvalue weighted by Gasteiger charge is 2.29. The summed E-state index contributed by atoms with van der Waals surface area (Å²) >= 11 is 0. The highest BCUT2D eigenvalue weighted by Crippen LogP contribution is 2.24. The van der Waals surface area contributed by atoms with Crippen LogP contribution in [0, 0.1) is 5.92 Å². The summed E-state index contributed by atoms with van der Waals surface area (Å²) < 4.78 is 5.35. The third-order valence-corrected chi connectivity index (χ3v) is 4.15. The Hall–Kier alpha value is -0.980. The van der Waals surface area contributed by atoms with Crippen molar-refractivity contribution >= 4 is 0 Å². The maximum atomic E-state index is 6.13. The Kier molecular flexibility index (Phi) is 4.54. The highest BCUT2D eigenvalue weighted by molar-refractivity contribution is 5.00. The number of nitrogens with zero attached hydrogens (tertiary/aromatic N) is 4. The predicted octanol–water partition coefficient (Wildman–Crippen LogP) is 1.03. The van der Waals surface area contributed by atoms with Gasteiger partial charge in [0.05, 0.1) is 12.1 Å². The van der Waals surface area contributed by atoms with E-state index in [4.69, 9.17) is 10.3 Å². The van der Waals surface area contributed by atoms with Gasteiger partial charge in [-0.25, -0.2) is 0 Å². The van der Waals surface area contributed by atoms with Gasteiger partial charge in [0.25, 0.3) is 0 Å². The Morgan fingerprint density at radius 1 is 1.42 bits per heavy atom. The van der Waals surface area contributed by atoms with Gasteiger partial charge in [0.1, 0.15) is 0 Å². The molecule has 108 valence electrons. The van der Waals surface area contributed by atoms with Crippen molar-refractivity contribution in [1.82, 2.24) is 19.9 Å². The summed E-state index contributed by atoms with van der Waals surface area (Å²) in [7, 11) is 4.22. The molecule has 2 rings (SSSR count). The van der Waals surface area contributed by atoms with Crippen LogP contribution in [0.3, 0.4) is 0 Å². The zero-order valence-electron chi connectivity index (χ0n) is 12.3. The van der Waals surface area contributed by atoms with E-state index >= 15 is 0 Å². The van der Waals surface area contributed by atoms with E-state index in [0.717, 1.165) is 31.9 Å². The van der Waals surface area contributed by atoms with Gasteiger partial charge in [0.2, 0.25) is 5.89 Å². The number of nitrogens with two attached hydrogens (primary N) is 1. The molecule has 1 aromatic rings. The number of piperazine rings is 1. The van der Waals surface area contributed by atoms with Crippen LogP contribution in [0.4, 0.5) is 0 Å². The van der Waals surface area contributed by atoms with Crippen LogP contribution in [0.5, 0.6) is 0 Å². The molecule has 6 heteroatoms. The molecule has 0 amide bonds. The normalized spacial score (nSPS) is 25.4. The van der Waals surface area contributed by atoms with Gasteiger partial charge in [0.15, 0.2) is 5.82 Å². The second-order valence-electron chi connectivity index (χ2n) is 5.66. The Morgan fingerprint density at radius 2 is 2.16 bits per heavy atom. The molecule has 1 aliphatic rings. The van der Waals surface area contributed by atoms with Crippen LogP contribution in [0.25, 0.3) is 0 Å². The summed E-state index contributed by atoms with van der Waals surface area (Å²) in [5.41, 5.74) is 6.13. The molecule has 2 N–H and O–H groups in total. The first-order valence-corrected chi connectivity index (χ1v) is 7.00. The molecule has 6 nitrogen and oxygen atoms in total. The first-order valence-electron chi connectivity index (χ1n) is 7.00. The topological polar surface area (TPSA) is 71.4 Å². The van der Waals surface area contributed by atoms with E-state index in [0.29, 0.717) is 11.8 Å². The number of rotatable bonds is 4. The number of hydrogen-bond acceptors (Lipinski definition) is 6. The largest absolute Gasteiger partial charge is 0.338 e. The van der Waals surface area contributed by atoms with E-state index in [2.05, 4.69) is 47.9 Å². The predicted molar refractivity (Wildman–Crippen MR) is 73.5 cm³/mol. The molecular weight excluding hydrogens is 242 g/mol. The van der Waals surface area contributed by atoms with E-state index < -0.39 is 0 Å². The summed E-state index contributed by atoms with van der Waals surface area (Å²) in [6.07, 6.45) is 1.00. The number of likely N-dealkylation sites (N-methyl/N-ethyl adjacent to an activating group) is 2. The van der Waals surface area contributed by atoms with Gasteiger partial charge >= 0.3 is 0 Å². The lowest BCUT2D eigenvalue weighted by Gasteiger charge is -2.35. The monoisotopic (exact) mass is 267 g/mol. The molecule has 0 spiro atoms. The molecular formula is C13H25N5O. The molecule has 0 radical (unpaired) electrons. The molecule has 1 aromatic heterocycles. The zero-order valence-corrected chi connectivity index (χ0v) is 12.3. The fourth-order valence-corrected chi connectivity index (χ4v) is 2.30. The van der Waals surface area contributed by atoms with Crippen molar-refractivity contribution < 1.29 is 4.52 Å². The first-order chi connectivity index (χ1) is 9.02. The molecule has 0 bridgehead atoms. The van der Waals surface area contributed by atoms with Crippen molar-refractivity contribution in [2.45, 2.75) is 32.4 Å². The van der Waals surface area contributed by atoms with E-state index in [-0.39, 0.29) is 12.1 Å². The van der Waals surface area contributed by atoms with Gasteiger partial charge in [-0.1, -0.05) is 25.4 Å². The molecule has 0 aliphatic carbocycles. The first kappa shape index (κ1) is 14.4. The minimum atomic E-state index is -0.169. The van der Waals surface area contributed by atoms with Crippen LogP contribution in [0.1, 0.15) is 44.1 Å². The quantitative estimate of drug-likeness (QED) is 0.878. The van der Waals surface area contributed by atoms with Crippen molar-refractivity contribution in [1.29, 1.82) is 0 Å². The lowest BCUT2D eigenvalue weighted by atomic mass is 10.0. The lowest BCUT2D eigenvalue weighted by molar-refractivity contribution is 0.108. The van der Waals surface area contributed by atoms with E-state index in [1.54, 1.807) is 0 Å².